The number of fused-ring (bicyclic) bond motifs is 1. The number of hydrogen-bond donors (Lipinski definition) is 2. The number of nitrogens with one attached hydrogen (secondary N) is 2. The molecule has 3 rings (SSSR count). The monoisotopic (exact) mass is 336 g/mol. The highest BCUT2D eigenvalue weighted by atomic mass is 16.2. The van der Waals surface area contributed by atoms with Gasteiger partial charge in [0.05, 0.1) is 12.1 Å². The molecule has 2 N–H and O–H groups in total. The van der Waals surface area contributed by atoms with E-state index in [0.29, 0.717) is 18.7 Å². The van der Waals surface area contributed by atoms with E-state index in [1.807, 2.05) is 54.0 Å². The van der Waals surface area contributed by atoms with E-state index in [1.54, 1.807) is 12.1 Å². The Labute approximate surface area is 145 Å². The molecule has 0 aliphatic carbocycles. The largest absolute Gasteiger partial charge is 0.352 e. The molecule has 2 heterocycles. The van der Waals surface area contributed by atoms with E-state index in [4.69, 9.17) is 0 Å². The number of benzene rings is 1. The van der Waals surface area contributed by atoms with Gasteiger partial charge in [-0.2, -0.15) is 0 Å². The van der Waals surface area contributed by atoms with Gasteiger partial charge in [0.25, 0.3) is 5.91 Å². The third kappa shape index (κ3) is 4.23. The lowest BCUT2D eigenvalue weighted by Gasteiger charge is -2.06. The molecule has 25 heavy (non-hydrogen) atoms. The number of carbonyl (C=O) groups excluding carboxylic acids is 2. The second-order valence-electron chi connectivity index (χ2n) is 5.71. The van der Waals surface area contributed by atoms with Gasteiger partial charge in [0.2, 0.25) is 5.91 Å². The smallest absolute Gasteiger partial charge is 0.251 e. The van der Waals surface area contributed by atoms with Crippen LogP contribution in [0.15, 0.2) is 54.9 Å². The van der Waals surface area contributed by atoms with Crippen LogP contribution in [0.4, 0.5) is 0 Å². The Kier molecular flexibility index (Phi) is 5.09. The minimum Gasteiger partial charge on any atom is -0.352 e. The minimum atomic E-state index is -0.0927. The normalized spacial score (nSPS) is 10.6. The van der Waals surface area contributed by atoms with Crippen LogP contribution in [0.2, 0.25) is 0 Å². The van der Waals surface area contributed by atoms with Gasteiger partial charge in [-0.3, -0.25) is 9.59 Å². The summed E-state index contributed by atoms with van der Waals surface area (Å²) in [6.07, 6.45) is 3.99. The molecule has 3 aromatic rings. The van der Waals surface area contributed by atoms with Crippen molar-refractivity contribution in [3.05, 3.63) is 71.7 Å². The van der Waals surface area contributed by atoms with E-state index in [1.165, 1.54) is 0 Å². The van der Waals surface area contributed by atoms with Crippen LogP contribution < -0.4 is 10.6 Å². The molecule has 6 nitrogen and oxygen atoms in total. The van der Waals surface area contributed by atoms with E-state index >= 15 is 0 Å². The summed E-state index contributed by atoms with van der Waals surface area (Å²) in [5, 5.41) is 5.63. The highest BCUT2D eigenvalue weighted by molar-refractivity contribution is 5.94. The van der Waals surface area contributed by atoms with Crippen LogP contribution in [0.5, 0.6) is 0 Å². The second kappa shape index (κ2) is 7.61. The summed E-state index contributed by atoms with van der Waals surface area (Å²) in [7, 11) is 0. The zero-order valence-electron chi connectivity index (χ0n) is 14.0. The van der Waals surface area contributed by atoms with Gasteiger partial charge in [-0.25, -0.2) is 4.98 Å². The Morgan fingerprint density at radius 3 is 2.60 bits per heavy atom. The maximum atomic E-state index is 12.1. The van der Waals surface area contributed by atoms with Crippen molar-refractivity contribution in [2.75, 3.05) is 6.54 Å². The number of pyridine rings is 1. The third-order valence-electron chi connectivity index (χ3n) is 3.80. The van der Waals surface area contributed by atoms with Crippen LogP contribution in [0.1, 0.15) is 28.5 Å². The molecule has 0 atom stereocenters. The predicted octanol–water partition coefficient (Wildman–Crippen LogP) is 1.94. The summed E-state index contributed by atoms with van der Waals surface area (Å²) in [6.45, 7) is 2.90. The average Bonchev–Trinajstić information content (AvgIpc) is 3.02. The maximum absolute atomic E-state index is 12.1. The van der Waals surface area contributed by atoms with Crippen molar-refractivity contribution >= 4 is 17.5 Å². The number of aromatic nitrogens is 2. The Balaban J connectivity index is 1.54. The lowest BCUT2D eigenvalue weighted by molar-refractivity contribution is -0.120. The number of carbonyl (C=O) groups is 2. The van der Waals surface area contributed by atoms with Gasteiger partial charge < -0.3 is 15.0 Å². The Morgan fingerprint density at radius 2 is 1.88 bits per heavy atom. The van der Waals surface area contributed by atoms with Gasteiger partial charge in [-0.1, -0.05) is 18.2 Å². The van der Waals surface area contributed by atoms with E-state index in [0.717, 1.165) is 16.9 Å². The van der Waals surface area contributed by atoms with Crippen LogP contribution in [0.3, 0.4) is 0 Å². The van der Waals surface area contributed by atoms with Crippen LogP contribution in [0, 0.1) is 0 Å². The number of hydrogen-bond acceptors (Lipinski definition) is 3. The van der Waals surface area contributed by atoms with Crippen molar-refractivity contribution in [1.82, 2.24) is 20.0 Å². The maximum Gasteiger partial charge on any atom is 0.251 e. The molecular formula is C19H20N4O2. The third-order valence-corrected chi connectivity index (χ3v) is 3.80. The van der Waals surface area contributed by atoms with Crippen LogP contribution in [-0.2, 0) is 17.8 Å². The second-order valence-corrected chi connectivity index (χ2v) is 5.71. The first-order valence-corrected chi connectivity index (χ1v) is 8.22. The Bertz CT molecular complexity index is 851. The molecule has 0 radical (unpaired) electrons. The summed E-state index contributed by atoms with van der Waals surface area (Å²) in [4.78, 5) is 28.2. The number of imidazole rings is 1. The molecule has 0 unspecified atom stereocenters. The highest BCUT2D eigenvalue weighted by Gasteiger charge is 2.08. The predicted molar refractivity (Wildman–Crippen MR) is 95.2 cm³/mol. The molecule has 0 bridgehead atoms. The Hall–Kier alpha value is -3.15. The van der Waals surface area contributed by atoms with E-state index in [2.05, 4.69) is 15.6 Å². The number of amides is 2. The summed E-state index contributed by atoms with van der Waals surface area (Å²) < 4.78 is 1.89. The van der Waals surface area contributed by atoms with E-state index in [-0.39, 0.29) is 18.2 Å². The number of nitrogens with zero attached hydrogens (tertiary/aromatic N) is 2. The van der Waals surface area contributed by atoms with E-state index in [9.17, 15) is 9.59 Å². The average molecular weight is 336 g/mol. The fourth-order valence-electron chi connectivity index (χ4n) is 2.54. The molecule has 0 aliphatic heterocycles. The SMILES string of the molecule is CCNC(=O)c1ccc(CNC(=O)Cc2cn3ccccc3n2)cc1. The van der Waals surface area contributed by atoms with Crippen molar-refractivity contribution in [3.8, 4) is 0 Å². The highest BCUT2D eigenvalue weighted by Crippen LogP contribution is 2.06. The first-order chi connectivity index (χ1) is 12.2. The molecule has 6 heteroatoms. The zero-order valence-corrected chi connectivity index (χ0v) is 14.0. The molecule has 0 saturated heterocycles. The van der Waals surface area contributed by atoms with Gasteiger partial charge in [0, 0.05) is 31.0 Å². The van der Waals surface area contributed by atoms with Crippen molar-refractivity contribution in [1.29, 1.82) is 0 Å². The lowest BCUT2D eigenvalue weighted by Crippen LogP contribution is -2.25. The van der Waals surface area contributed by atoms with Gasteiger partial charge in [0.1, 0.15) is 5.65 Å². The molecule has 0 fully saturated rings. The van der Waals surface area contributed by atoms with E-state index < -0.39 is 0 Å². The summed E-state index contributed by atoms with van der Waals surface area (Å²) >= 11 is 0. The lowest BCUT2D eigenvalue weighted by atomic mass is 10.1. The molecule has 2 aromatic heterocycles. The molecule has 128 valence electrons. The van der Waals surface area contributed by atoms with Gasteiger partial charge >= 0.3 is 0 Å². The number of rotatable bonds is 6. The van der Waals surface area contributed by atoms with Crippen molar-refractivity contribution in [2.24, 2.45) is 0 Å². The first-order valence-electron chi connectivity index (χ1n) is 8.22. The fraction of sp³-hybridized carbons (Fsp3) is 0.211. The zero-order chi connectivity index (χ0) is 17.6. The molecule has 0 saturated carbocycles. The van der Waals surface area contributed by atoms with Crippen LogP contribution >= 0.6 is 0 Å². The van der Waals surface area contributed by atoms with Crippen molar-refractivity contribution in [3.63, 3.8) is 0 Å². The van der Waals surface area contributed by atoms with Gasteiger partial charge in [-0.15, -0.1) is 0 Å². The molecule has 1 aromatic carbocycles. The summed E-state index contributed by atoms with van der Waals surface area (Å²) in [5.41, 5.74) is 3.11. The molecule has 0 aliphatic rings. The van der Waals surface area contributed by atoms with Gasteiger partial charge in [0.15, 0.2) is 0 Å². The molecular weight excluding hydrogens is 316 g/mol. The molecule has 0 spiro atoms. The Morgan fingerprint density at radius 1 is 1.08 bits per heavy atom. The topological polar surface area (TPSA) is 75.5 Å². The van der Waals surface area contributed by atoms with Crippen LogP contribution in [-0.4, -0.2) is 27.7 Å². The standard InChI is InChI=1S/C19H20N4O2/c1-2-20-19(25)15-8-6-14(7-9-15)12-21-18(24)11-16-13-23-10-4-3-5-17(23)22-16/h3-10,13H,2,11-12H2,1H3,(H,20,25)(H,21,24). The summed E-state index contributed by atoms with van der Waals surface area (Å²) in [6, 6.07) is 12.9. The first kappa shape index (κ1) is 16.7. The minimum absolute atomic E-state index is 0.0868. The fourth-order valence-corrected chi connectivity index (χ4v) is 2.54. The van der Waals surface area contributed by atoms with Crippen molar-refractivity contribution in [2.45, 2.75) is 19.9 Å². The van der Waals surface area contributed by atoms with Crippen molar-refractivity contribution < 1.29 is 9.59 Å². The molecule has 2 amide bonds. The van der Waals surface area contributed by atoms with Crippen LogP contribution in [0.25, 0.3) is 5.65 Å². The van der Waals surface area contributed by atoms with Gasteiger partial charge in [-0.05, 0) is 36.8 Å². The quantitative estimate of drug-likeness (QED) is 0.722. The summed E-state index contributed by atoms with van der Waals surface area (Å²) in [5.74, 6) is -0.179.